The van der Waals surface area contributed by atoms with E-state index >= 15 is 0 Å². The van der Waals surface area contributed by atoms with Crippen molar-refractivity contribution in [1.82, 2.24) is 5.06 Å². The molecule has 2 aromatic carbocycles. The van der Waals surface area contributed by atoms with Crippen molar-refractivity contribution in [1.29, 1.82) is 0 Å². The minimum atomic E-state index is -0.148. The third kappa shape index (κ3) is 2.70. The lowest BCUT2D eigenvalue weighted by Crippen LogP contribution is -2.62. The molecular weight excluding hydrogens is 400 g/mol. The second-order valence-corrected chi connectivity index (χ2v) is 10.9. The number of rotatable bonds is 4. The molecule has 5 nitrogen and oxygen atoms in total. The molecule has 5 heteroatoms. The average Bonchev–Trinajstić information content (AvgIpc) is 3.31. The highest BCUT2D eigenvalue weighted by molar-refractivity contribution is 5.52. The molecule has 7 rings (SSSR count). The first-order valence-electron chi connectivity index (χ1n) is 11.9. The summed E-state index contributed by atoms with van der Waals surface area (Å²) in [6, 6.07) is 17.0. The van der Waals surface area contributed by atoms with Crippen LogP contribution in [0.3, 0.4) is 0 Å². The molecule has 3 saturated carbocycles. The molecule has 2 heterocycles. The van der Waals surface area contributed by atoms with Gasteiger partial charge in [0.15, 0.2) is 0 Å². The van der Waals surface area contributed by atoms with E-state index in [-0.39, 0.29) is 11.1 Å². The lowest BCUT2D eigenvalue weighted by Gasteiger charge is -2.63. The molecule has 4 atom stereocenters. The van der Waals surface area contributed by atoms with E-state index in [0.717, 1.165) is 37.1 Å². The third-order valence-electron chi connectivity index (χ3n) is 9.20. The van der Waals surface area contributed by atoms with Gasteiger partial charge in [-0.15, -0.1) is 0 Å². The quantitative estimate of drug-likeness (QED) is 0.660. The molecule has 0 radical (unpaired) electrons. The highest BCUT2D eigenvalue weighted by Gasteiger charge is 2.69. The maximum atomic E-state index is 7.05. The summed E-state index contributed by atoms with van der Waals surface area (Å²) in [5.74, 6) is 3.29. The molecule has 0 aromatic heterocycles. The molecule has 2 saturated heterocycles. The molecule has 1 spiro atoms. The molecule has 2 aliphatic heterocycles. The van der Waals surface area contributed by atoms with Gasteiger partial charge in [0, 0.05) is 18.7 Å². The standard InChI is InChI=1S/C27H34N2O3/c1-25(2)20-13-14-27(24(25)15-20)16-26(19-5-9-22(30-3)10-6-19)17-28(18-29(26)32-27)21-7-11-23(31-4)12-8-21/h5-12,20,24H,13-18H2,1-4H3/t20-,24-,26+,27-/m0/s1. The SMILES string of the molecule is COc1ccc(N2CN3O[C@@]4(CC[C@H]5C[C@H]4C5(C)C)C[C@]3(c3ccc(OC)cc3)C2)cc1. The fraction of sp³-hybridized carbons (Fsp3) is 0.556. The minimum absolute atomic E-state index is 0.0375. The summed E-state index contributed by atoms with van der Waals surface area (Å²) in [6.45, 7) is 6.62. The number of methoxy groups -OCH3 is 2. The molecule has 5 fully saturated rings. The Morgan fingerprint density at radius 3 is 2.19 bits per heavy atom. The van der Waals surface area contributed by atoms with Crippen LogP contribution in [-0.4, -0.2) is 38.1 Å². The lowest BCUT2D eigenvalue weighted by atomic mass is 9.43. The number of anilines is 1. The van der Waals surface area contributed by atoms with Gasteiger partial charge in [-0.1, -0.05) is 26.0 Å². The molecule has 3 aliphatic carbocycles. The predicted octanol–water partition coefficient (Wildman–Crippen LogP) is 5.21. The van der Waals surface area contributed by atoms with Crippen molar-refractivity contribution in [3.8, 4) is 11.5 Å². The number of hydrogen-bond donors (Lipinski definition) is 0. The molecule has 32 heavy (non-hydrogen) atoms. The number of fused-ring (bicyclic) bond motifs is 2. The zero-order chi connectivity index (χ0) is 22.1. The second kappa shape index (κ2) is 6.88. The van der Waals surface area contributed by atoms with Crippen LogP contribution in [0, 0.1) is 17.3 Å². The Kier molecular flexibility index (Phi) is 4.38. The molecular formula is C27H34N2O3. The van der Waals surface area contributed by atoms with Crippen LogP contribution in [0.25, 0.3) is 0 Å². The van der Waals surface area contributed by atoms with Crippen LogP contribution in [-0.2, 0) is 10.4 Å². The zero-order valence-corrected chi connectivity index (χ0v) is 19.6. The van der Waals surface area contributed by atoms with E-state index in [4.69, 9.17) is 14.3 Å². The van der Waals surface area contributed by atoms with Crippen LogP contribution in [0.15, 0.2) is 48.5 Å². The Hall–Kier alpha value is -2.24. The van der Waals surface area contributed by atoms with Crippen molar-refractivity contribution < 1.29 is 14.3 Å². The fourth-order valence-electron chi connectivity index (χ4n) is 7.26. The van der Waals surface area contributed by atoms with Crippen LogP contribution in [0.5, 0.6) is 11.5 Å². The van der Waals surface area contributed by atoms with Crippen molar-refractivity contribution in [3.63, 3.8) is 0 Å². The predicted molar refractivity (Wildman–Crippen MR) is 125 cm³/mol. The van der Waals surface area contributed by atoms with Gasteiger partial charge in [0.1, 0.15) is 11.5 Å². The van der Waals surface area contributed by atoms with Crippen molar-refractivity contribution in [2.24, 2.45) is 17.3 Å². The molecule has 2 bridgehead atoms. The van der Waals surface area contributed by atoms with Gasteiger partial charge in [-0.2, -0.15) is 5.06 Å². The van der Waals surface area contributed by atoms with Gasteiger partial charge < -0.3 is 14.4 Å². The van der Waals surface area contributed by atoms with E-state index in [1.807, 2.05) is 12.1 Å². The number of hydrogen-bond acceptors (Lipinski definition) is 5. The van der Waals surface area contributed by atoms with Crippen molar-refractivity contribution in [2.45, 2.75) is 50.7 Å². The summed E-state index contributed by atoms with van der Waals surface area (Å²) < 4.78 is 10.8. The summed E-state index contributed by atoms with van der Waals surface area (Å²) in [6.07, 6.45) is 4.85. The summed E-state index contributed by atoms with van der Waals surface area (Å²) in [5, 5.41) is 2.31. The van der Waals surface area contributed by atoms with Gasteiger partial charge in [-0.05, 0) is 78.5 Å². The number of nitrogens with zero attached hydrogens (tertiary/aromatic N) is 2. The lowest BCUT2D eigenvalue weighted by molar-refractivity contribution is -0.285. The third-order valence-corrected chi connectivity index (χ3v) is 9.20. The first kappa shape index (κ1) is 20.4. The van der Waals surface area contributed by atoms with E-state index in [2.05, 4.69) is 60.2 Å². The number of ether oxygens (including phenoxy) is 2. The summed E-state index contributed by atoms with van der Waals surface area (Å²) in [7, 11) is 3.44. The Labute approximate surface area is 191 Å². The van der Waals surface area contributed by atoms with Gasteiger partial charge in [0.2, 0.25) is 0 Å². The van der Waals surface area contributed by atoms with Crippen LogP contribution < -0.4 is 14.4 Å². The van der Waals surface area contributed by atoms with Gasteiger partial charge in [-0.25, -0.2) is 0 Å². The highest BCUT2D eigenvalue weighted by Crippen LogP contribution is 2.68. The maximum absolute atomic E-state index is 7.05. The topological polar surface area (TPSA) is 34.2 Å². The van der Waals surface area contributed by atoms with Gasteiger partial charge in [0.05, 0.1) is 32.0 Å². The molecule has 2 aromatic rings. The van der Waals surface area contributed by atoms with Gasteiger partial charge in [0.25, 0.3) is 0 Å². The minimum Gasteiger partial charge on any atom is -0.497 e. The molecule has 170 valence electrons. The molecule has 0 amide bonds. The molecule has 0 unspecified atom stereocenters. The maximum Gasteiger partial charge on any atom is 0.119 e. The van der Waals surface area contributed by atoms with Crippen molar-refractivity contribution in [2.75, 3.05) is 32.3 Å². The summed E-state index contributed by atoms with van der Waals surface area (Å²) >= 11 is 0. The Balaban J connectivity index is 1.37. The Morgan fingerprint density at radius 2 is 1.59 bits per heavy atom. The van der Waals surface area contributed by atoms with Gasteiger partial charge >= 0.3 is 0 Å². The van der Waals surface area contributed by atoms with Crippen LogP contribution in [0.1, 0.15) is 45.1 Å². The van der Waals surface area contributed by atoms with E-state index in [1.54, 1.807) is 14.2 Å². The first-order chi connectivity index (χ1) is 15.4. The Morgan fingerprint density at radius 1 is 0.938 bits per heavy atom. The highest BCUT2D eigenvalue weighted by atomic mass is 16.7. The van der Waals surface area contributed by atoms with Crippen molar-refractivity contribution >= 4 is 5.69 Å². The normalized spacial score (nSPS) is 34.9. The summed E-state index contributed by atoms with van der Waals surface area (Å²) in [5.41, 5.74) is 2.73. The second-order valence-electron chi connectivity index (χ2n) is 10.9. The van der Waals surface area contributed by atoms with E-state index < -0.39 is 0 Å². The van der Waals surface area contributed by atoms with Crippen LogP contribution in [0.2, 0.25) is 0 Å². The average molecular weight is 435 g/mol. The number of benzene rings is 2. The van der Waals surface area contributed by atoms with Gasteiger partial charge in [-0.3, -0.25) is 4.84 Å². The van der Waals surface area contributed by atoms with E-state index in [0.29, 0.717) is 11.3 Å². The molecule has 0 N–H and O–H groups in total. The van der Waals surface area contributed by atoms with Crippen molar-refractivity contribution in [3.05, 3.63) is 54.1 Å². The largest absolute Gasteiger partial charge is 0.497 e. The monoisotopic (exact) mass is 434 g/mol. The zero-order valence-electron chi connectivity index (χ0n) is 19.6. The van der Waals surface area contributed by atoms with Crippen LogP contribution in [0.4, 0.5) is 5.69 Å². The first-order valence-corrected chi connectivity index (χ1v) is 11.9. The smallest absolute Gasteiger partial charge is 0.119 e. The molecule has 5 aliphatic rings. The van der Waals surface area contributed by atoms with E-state index in [9.17, 15) is 0 Å². The summed E-state index contributed by atoms with van der Waals surface area (Å²) in [4.78, 5) is 9.48. The van der Waals surface area contributed by atoms with E-state index in [1.165, 1.54) is 30.5 Å². The fourth-order valence-corrected chi connectivity index (χ4v) is 7.26. The number of hydroxylamine groups is 2. The van der Waals surface area contributed by atoms with Crippen LogP contribution >= 0.6 is 0 Å². The Bertz CT molecular complexity index is 1000.